The maximum absolute atomic E-state index is 5.37. The molecule has 3 nitrogen and oxygen atoms in total. The summed E-state index contributed by atoms with van der Waals surface area (Å²) in [6.45, 7) is 6.54. The Morgan fingerprint density at radius 3 is 3.12 bits per heavy atom. The molecule has 4 heteroatoms. The second-order valence-electron chi connectivity index (χ2n) is 4.76. The van der Waals surface area contributed by atoms with Crippen molar-refractivity contribution in [3.05, 3.63) is 24.2 Å². The average Bonchev–Trinajstić information content (AvgIpc) is 2.82. The Hall–Kier alpha value is -0.900. The molecule has 2 unspecified atom stereocenters. The van der Waals surface area contributed by atoms with Crippen molar-refractivity contribution in [3.8, 4) is 0 Å². The molecule has 1 aromatic rings. The van der Waals surface area contributed by atoms with Crippen molar-refractivity contribution >= 4 is 16.9 Å². The van der Waals surface area contributed by atoms with Crippen LogP contribution in [-0.2, 0) is 0 Å². The molecule has 0 saturated carbocycles. The summed E-state index contributed by atoms with van der Waals surface area (Å²) in [6.07, 6.45) is 4.02. The largest absolute Gasteiger partial charge is 0.467 e. The van der Waals surface area contributed by atoms with E-state index in [1.54, 1.807) is 18.0 Å². The normalized spacial score (nSPS) is 29.0. The minimum atomic E-state index is 0.0826. The molecule has 1 N–H and O–H groups in total. The highest BCUT2D eigenvalue weighted by Gasteiger charge is 2.27. The van der Waals surface area contributed by atoms with E-state index in [1.807, 2.05) is 12.1 Å². The van der Waals surface area contributed by atoms with Gasteiger partial charge in [-0.15, -0.1) is 0 Å². The average molecular weight is 252 g/mol. The van der Waals surface area contributed by atoms with Gasteiger partial charge in [0.05, 0.1) is 6.26 Å². The molecule has 1 fully saturated rings. The van der Waals surface area contributed by atoms with Crippen LogP contribution < -0.4 is 5.32 Å². The van der Waals surface area contributed by atoms with Gasteiger partial charge in [0, 0.05) is 11.3 Å². The van der Waals surface area contributed by atoms with E-state index in [0.29, 0.717) is 0 Å². The molecule has 2 rings (SSSR count). The van der Waals surface area contributed by atoms with Crippen LogP contribution in [0.3, 0.4) is 0 Å². The first-order valence-corrected chi connectivity index (χ1v) is 7.14. The lowest BCUT2D eigenvalue weighted by molar-refractivity contribution is 0.388. The number of hydrogen-bond acceptors (Lipinski definition) is 3. The third-order valence-corrected chi connectivity index (χ3v) is 4.24. The molecule has 1 aromatic heterocycles. The first-order chi connectivity index (χ1) is 8.13. The highest BCUT2D eigenvalue weighted by atomic mass is 32.2. The fraction of sp³-hybridized carbons (Fsp3) is 0.615. The molecule has 0 radical (unpaired) electrons. The molecule has 0 aliphatic carbocycles. The van der Waals surface area contributed by atoms with Crippen LogP contribution in [0.4, 0.5) is 0 Å². The topological polar surface area (TPSA) is 37.5 Å². The van der Waals surface area contributed by atoms with Crippen molar-refractivity contribution in [3.63, 3.8) is 0 Å². The Balaban J connectivity index is 2.06. The highest BCUT2D eigenvalue weighted by Crippen LogP contribution is 2.27. The van der Waals surface area contributed by atoms with Gasteiger partial charge in [0.2, 0.25) is 0 Å². The summed E-state index contributed by atoms with van der Waals surface area (Å²) in [5.74, 6) is 2.06. The van der Waals surface area contributed by atoms with E-state index in [4.69, 9.17) is 9.41 Å². The fourth-order valence-electron chi connectivity index (χ4n) is 1.83. The minimum absolute atomic E-state index is 0.0826. The van der Waals surface area contributed by atoms with Crippen LogP contribution in [0.2, 0.25) is 0 Å². The minimum Gasteiger partial charge on any atom is -0.467 e. The van der Waals surface area contributed by atoms with Crippen LogP contribution in [0.1, 0.15) is 45.4 Å². The standard InChI is InChI=1S/C13H20N2OS/c1-4-13(3)7-9-17-12(15-13)14-10(2)11-6-5-8-16-11/h5-6,8,10H,4,7,9H2,1-3H3,(H,14,15). The summed E-state index contributed by atoms with van der Waals surface area (Å²) in [7, 11) is 0. The highest BCUT2D eigenvalue weighted by molar-refractivity contribution is 8.13. The first kappa shape index (κ1) is 12.6. The van der Waals surface area contributed by atoms with Crippen molar-refractivity contribution in [2.75, 3.05) is 5.75 Å². The molecule has 2 atom stereocenters. The van der Waals surface area contributed by atoms with Gasteiger partial charge in [0.1, 0.15) is 11.8 Å². The number of hydrogen-bond donors (Lipinski definition) is 1. The van der Waals surface area contributed by atoms with E-state index < -0.39 is 0 Å². The van der Waals surface area contributed by atoms with E-state index in [1.165, 1.54) is 6.42 Å². The molecule has 1 aliphatic rings. The van der Waals surface area contributed by atoms with Gasteiger partial charge in [-0.2, -0.15) is 0 Å². The SMILES string of the molecule is CCC1(C)CCSC(=NC(C)c2ccco2)N1. The van der Waals surface area contributed by atoms with E-state index in [0.717, 1.165) is 23.1 Å². The molecule has 94 valence electrons. The van der Waals surface area contributed by atoms with Crippen molar-refractivity contribution in [2.24, 2.45) is 4.99 Å². The van der Waals surface area contributed by atoms with Crippen molar-refractivity contribution in [2.45, 2.75) is 45.2 Å². The van der Waals surface area contributed by atoms with Gasteiger partial charge in [0.15, 0.2) is 5.17 Å². The maximum atomic E-state index is 5.37. The summed E-state index contributed by atoms with van der Waals surface area (Å²) in [6, 6.07) is 3.96. The zero-order chi connectivity index (χ0) is 12.3. The zero-order valence-corrected chi connectivity index (χ0v) is 11.5. The van der Waals surface area contributed by atoms with Gasteiger partial charge in [-0.3, -0.25) is 4.99 Å². The second kappa shape index (κ2) is 5.17. The zero-order valence-electron chi connectivity index (χ0n) is 10.7. The Kier molecular flexibility index (Phi) is 3.82. The van der Waals surface area contributed by atoms with E-state index >= 15 is 0 Å². The van der Waals surface area contributed by atoms with Crippen molar-refractivity contribution in [1.82, 2.24) is 5.32 Å². The Morgan fingerprint density at radius 2 is 2.47 bits per heavy atom. The molecule has 0 spiro atoms. The number of rotatable bonds is 3. The van der Waals surface area contributed by atoms with Crippen LogP contribution >= 0.6 is 11.8 Å². The summed E-state index contributed by atoms with van der Waals surface area (Å²) in [5.41, 5.74) is 0.201. The predicted molar refractivity (Wildman–Crippen MR) is 73.5 cm³/mol. The number of aliphatic imine (C=N–C) groups is 1. The molecular weight excluding hydrogens is 232 g/mol. The predicted octanol–water partition coefficient (Wildman–Crippen LogP) is 3.59. The second-order valence-corrected chi connectivity index (χ2v) is 5.85. The van der Waals surface area contributed by atoms with Gasteiger partial charge in [-0.05, 0) is 38.8 Å². The molecule has 17 heavy (non-hydrogen) atoms. The number of thioether (sulfide) groups is 1. The lowest BCUT2D eigenvalue weighted by Gasteiger charge is -2.35. The maximum Gasteiger partial charge on any atom is 0.157 e. The number of nitrogens with zero attached hydrogens (tertiary/aromatic N) is 1. The molecule has 0 aromatic carbocycles. The van der Waals surface area contributed by atoms with Crippen LogP contribution in [0, 0.1) is 0 Å². The third kappa shape index (κ3) is 3.06. The van der Waals surface area contributed by atoms with Gasteiger partial charge >= 0.3 is 0 Å². The van der Waals surface area contributed by atoms with E-state index in [2.05, 4.69) is 26.1 Å². The van der Waals surface area contributed by atoms with Gasteiger partial charge in [0.25, 0.3) is 0 Å². The molecule has 1 saturated heterocycles. The Bertz CT molecular complexity index is 388. The molecular formula is C13H20N2OS. The van der Waals surface area contributed by atoms with Gasteiger partial charge in [-0.25, -0.2) is 0 Å². The van der Waals surface area contributed by atoms with Crippen LogP contribution in [0.15, 0.2) is 27.8 Å². The third-order valence-electron chi connectivity index (χ3n) is 3.35. The summed E-state index contributed by atoms with van der Waals surface area (Å²) >= 11 is 1.80. The lowest BCUT2D eigenvalue weighted by Crippen LogP contribution is -2.48. The quantitative estimate of drug-likeness (QED) is 0.893. The summed E-state index contributed by atoms with van der Waals surface area (Å²) in [4.78, 5) is 4.70. The smallest absolute Gasteiger partial charge is 0.157 e. The number of furan rings is 1. The summed E-state index contributed by atoms with van der Waals surface area (Å²) < 4.78 is 5.37. The monoisotopic (exact) mass is 252 g/mol. The Labute approximate surface area is 107 Å². The van der Waals surface area contributed by atoms with Gasteiger partial charge in [-0.1, -0.05) is 18.7 Å². The number of amidine groups is 1. The van der Waals surface area contributed by atoms with E-state index in [-0.39, 0.29) is 11.6 Å². The van der Waals surface area contributed by atoms with Gasteiger partial charge < -0.3 is 9.73 Å². The van der Waals surface area contributed by atoms with Crippen molar-refractivity contribution < 1.29 is 4.42 Å². The molecule has 1 aliphatic heterocycles. The fourth-order valence-corrected chi connectivity index (χ4v) is 3.13. The first-order valence-electron chi connectivity index (χ1n) is 6.15. The molecule has 0 bridgehead atoms. The van der Waals surface area contributed by atoms with E-state index in [9.17, 15) is 0 Å². The van der Waals surface area contributed by atoms with Crippen LogP contribution in [0.5, 0.6) is 0 Å². The number of nitrogens with one attached hydrogen (secondary N) is 1. The molecule has 0 amide bonds. The Morgan fingerprint density at radius 1 is 1.65 bits per heavy atom. The van der Waals surface area contributed by atoms with Crippen molar-refractivity contribution in [1.29, 1.82) is 0 Å². The van der Waals surface area contributed by atoms with Crippen LogP contribution in [0.25, 0.3) is 0 Å². The lowest BCUT2D eigenvalue weighted by atomic mass is 9.96. The molecule has 2 heterocycles. The van der Waals surface area contributed by atoms with Crippen LogP contribution in [-0.4, -0.2) is 16.5 Å². The summed E-state index contributed by atoms with van der Waals surface area (Å²) in [5, 5.41) is 4.59.